The Balaban J connectivity index is 0.00000182. The van der Waals surface area contributed by atoms with Crippen molar-refractivity contribution in [3.63, 3.8) is 0 Å². The van der Waals surface area contributed by atoms with E-state index in [-0.39, 0.29) is 24.4 Å². The molecule has 2 unspecified atom stereocenters. The molecule has 1 aliphatic rings. The molecule has 0 saturated heterocycles. The first-order chi connectivity index (χ1) is 11.7. The molecule has 0 radical (unpaired) electrons. The van der Waals surface area contributed by atoms with Gasteiger partial charge in [-0.1, -0.05) is 42.8 Å². The van der Waals surface area contributed by atoms with Gasteiger partial charge in [0, 0.05) is 22.4 Å². The number of benzene rings is 2. The van der Waals surface area contributed by atoms with Crippen LogP contribution in [-0.4, -0.2) is 18.5 Å². The van der Waals surface area contributed by atoms with Gasteiger partial charge in [-0.2, -0.15) is 0 Å². The normalized spacial score (nSPS) is 19.9. The van der Waals surface area contributed by atoms with Crippen molar-refractivity contribution in [2.45, 2.75) is 32.2 Å². The number of amides is 1. The van der Waals surface area contributed by atoms with E-state index in [4.69, 9.17) is 10.2 Å². The van der Waals surface area contributed by atoms with Crippen molar-refractivity contribution in [1.82, 2.24) is 5.32 Å². The van der Waals surface area contributed by atoms with Crippen LogP contribution in [0, 0.1) is 12.8 Å². The molecule has 0 bridgehead atoms. The number of carbonyl (C=O) groups is 1. The zero-order valence-corrected chi connectivity index (χ0v) is 15.1. The lowest BCUT2D eigenvalue weighted by atomic mass is 10.0. The molecule has 1 fully saturated rings. The number of hydrogen-bond donors (Lipinski definition) is 2. The monoisotopic (exact) mass is 358 g/mol. The van der Waals surface area contributed by atoms with Crippen LogP contribution in [0.5, 0.6) is 0 Å². The molecule has 4 nitrogen and oxygen atoms in total. The SMILES string of the molecule is Cc1c(C(=O)NC2CCCC2CN)oc2c1ccc1ccccc12.Cl. The van der Waals surface area contributed by atoms with Crippen LogP contribution >= 0.6 is 12.4 Å². The first kappa shape index (κ1) is 17.8. The van der Waals surface area contributed by atoms with Crippen molar-refractivity contribution in [1.29, 1.82) is 0 Å². The van der Waals surface area contributed by atoms with Crippen LogP contribution in [0.2, 0.25) is 0 Å². The fraction of sp³-hybridized carbons (Fsp3) is 0.350. The largest absolute Gasteiger partial charge is 0.450 e. The second-order valence-corrected chi connectivity index (χ2v) is 6.73. The number of nitrogens with two attached hydrogens (primary N) is 1. The second-order valence-electron chi connectivity index (χ2n) is 6.73. The zero-order valence-electron chi connectivity index (χ0n) is 14.2. The van der Waals surface area contributed by atoms with E-state index < -0.39 is 0 Å². The number of rotatable bonds is 3. The summed E-state index contributed by atoms with van der Waals surface area (Å²) in [7, 11) is 0. The van der Waals surface area contributed by atoms with Crippen LogP contribution in [0.15, 0.2) is 40.8 Å². The van der Waals surface area contributed by atoms with Crippen molar-refractivity contribution in [2.24, 2.45) is 11.7 Å². The summed E-state index contributed by atoms with van der Waals surface area (Å²) in [6.45, 7) is 2.57. The maximum absolute atomic E-state index is 12.7. The molecule has 3 N–H and O–H groups in total. The van der Waals surface area contributed by atoms with Gasteiger partial charge in [-0.25, -0.2) is 0 Å². The highest BCUT2D eigenvalue weighted by Gasteiger charge is 2.29. The van der Waals surface area contributed by atoms with Gasteiger partial charge < -0.3 is 15.5 Å². The minimum absolute atomic E-state index is 0. The number of furan rings is 1. The summed E-state index contributed by atoms with van der Waals surface area (Å²) in [5.41, 5.74) is 7.51. The maximum Gasteiger partial charge on any atom is 0.287 e. The average Bonchev–Trinajstić information content (AvgIpc) is 3.19. The summed E-state index contributed by atoms with van der Waals surface area (Å²) < 4.78 is 6.01. The summed E-state index contributed by atoms with van der Waals surface area (Å²) in [5.74, 6) is 0.668. The lowest BCUT2D eigenvalue weighted by molar-refractivity contribution is 0.0902. The van der Waals surface area contributed by atoms with E-state index >= 15 is 0 Å². The highest BCUT2D eigenvalue weighted by Crippen LogP contribution is 2.32. The first-order valence-corrected chi connectivity index (χ1v) is 8.61. The first-order valence-electron chi connectivity index (χ1n) is 8.61. The highest BCUT2D eigenvalue weighted by molar-refractivity contribution is 6.08. The van der Waals surface area contributed by atoms with Gasteiger partial charge in [-0.15, -0.1) is 12.4 Å². The van der Waals surface area contributed by atoms with Gasteiger partial charge in [0.2, 0.25) is 0 Å². The molecular weight excluding hydrogens is 336 g/mol. The Labute approximate surface area is 153 Å². The predicted octanol–water partition coefficient (Wildman–Crippen LogP) is 4.17. The van der Waals surface area contributed by atoms with Crippen LogP contribution in [-0.2, 0) is 0 Å². The zero-order chi connectivity index (χ0) is 16.7. The number of nitrogens with one attached hydrogen (secondary N) is 1. The third-order valence-corrected chi connectivity index (χ3v) is 5.31. The van der Waals surface area contributed by atoms with Crippen LogP contribution in [0.4, 0.5) is 0 Å². The minimum atomic E-state index is -0.127. The molecule has 5 heteroatoms. The van der Waals surface area contributed by atoms with E-state index in [1.807, 2.05) is 31.2 Å². The molecule has 0 spiro atoms. The summed E-state index contributed by atoms with van der Waals surface area (Å²) in [5, 5.41) is 6.29. The number of halogens is 1. The molecule has 1 amide bonds. The van der Waals surface area contributed by atoms with Crippen molar-refractivity contribution in [3.05, 3.63) is 47.7 Å². The summed E-state index contributed by atoms with van der Waals surface area (Å²) >= 11 is 0. The van der Waals surface area contributed by atoms with Crippen LogP contribution in [0.1, 0.15) is 35.4 Å². The topological polar surface area (TPSA) is 68.3 Å². The second kappa shape index (κ2) is 7.06. The molecule has 0 aliphatic heterocycles. The van der Waals surface area contributed by atoms with E-state index in [2.05, 4.69) is 17.4 Å². The number of carbonyl (C=O) groups excluding carboxylic acids is 1. The molecule has 1 saturated carbocycles. The van der Waals surface area contributed by atoms with E-state index in [0.29, 0.717) is 18.2 Å². The number of fused-ring (bicyclic) bond motifs is 3. The minimum Gasteiger partial charge on any atom is -0.450 e. The Morgan fingerprint density at radius 1 is 1.20 bits per heavy atom. The smallest absolute Gasteiger partial charge is 0.287 e. The summed E-state index contributed by atoms with van der Waals surface area (Å²) in [6.07, 6.45) is 3.21. The third-order valence-electron chi connectivity index (χ3n) is 5.31. The molecule has 1 heterocycles. The van der Waals surface area contributed by atoms with E-state index in [1.54, 1.807) is 0 Å². The van der Waals surface area contributed by atoms with E-state index in [0.717, 1.165) is 46.6 Å². The molecule has 132 valence electrons. The highest BCUT2D eigenvalue weighted by atomic mass is 35.5. The number of aryl methyl sites for hydroxylation is 1. The van der Waals surface area contributed by atoms with Crippen LogP contribution in [0.25, 0.3) is 21.7 Å². The van der Waals surface area contributed by atoms with Gasteiger partial charge in [0.15, 0.2) is 5.76 Å². The number of hydrogen-bond acceptors (Lipinski definition) is 3. The molecule has 1 aliphatic carbocycles. The summed E-state index contributed by atoms with van der Waals surface area (Å²) in [6, 6.07) is 12.3. The van der Waals surface area contributed by atoms with Crippen molar-refractivity contribution >= 4 is 40.1 Å². The lowest BCUT2D eigenvalue weighted by Gasteiger charge is -2.18. The molecular formula is C20H23ClN2O2. The Morgan fingerprint density at radius 3 is 2.80 bits per heavy atom. The Kier molecular flexibility index (Phi) is 5.02. The Morgan fingerprint density at radius 2 is 2.00 bits per heavy atom. The van der Waals surface area contributed by atoms with Crippen molar-refractivity contribution in [3.8, 4) is 0 Å². The lowest BCUT2D eigenvalue weighted by Crippen LogP contribution is -2.39. The van der Waals surface area contributed by atoms with Crippen LogP contribution in [0.3, 0.4) is 0 Å². The van der Waals surface area contributed by atoms with Gasteiger partial charge in [-0.3, -0.25) is 4.79 Å². The molecule has 2 atom stereocenters. The van der Waals surface area contributed by atoms with E-state index in [1.165, 1.54) is 0 Å². The van der Waals surface area contributed by atoms with Crippen LogP contribution < -0.4 is 11.1 Å². The van der Waals surface area contributed by atoms with Gasteiger partial charge in [-0.05, 0) is 37.6 Å². The standard InChI is InChI=1S/C20H22N2O2.ClH/c1-12-15-10-9-13-5-2-3-7-16(13)19(15)24-18(12)20(23)22-17-8-4-6-14(17)11-21;/h2-3,5,7,9-10,14,17H,4,6,8,11,21H2,1H3,(H,22,23);1H. The molecule has 25 heavy (non-hydrogen) atoms. The summed E-state index contributed by atoms with van der Waals surface area (Å²) in [4.78, 5) is 12.7. The predicted molar refractivity (Wildman–Crippen MR) is 103 cm³/mol. The van der Waals surface area contributed by atoms with Gasteiger partial charge >= 0.3 is 0 Å². The molecule has 2 aromatic carbocycles. The third kappa shape index (κ3) is 3.00. The fourth-order valence-corrected chi connectivity index (χ4v) is 3.91. The molecule has 4 rings (SSSR count). The van der Waals surface area contributed by atoms with Crippen molar-refractivity contribution < 1.29 is 9.21 Å². The van der Waals surface area contributed by atoms with E-state index in [9.17, 15) is 4.79 Å². The van der Waals surface area contributed by atoms with Gasteiger partial charge in [0.05, 0.1) is 0 Å². The average molecular weight is 359 g/mol. The van der Waals surface area contributed by atoms with Gasteiger partial charge in [0.25, 0.3) is 5.91 Å². The maximum atomic E-state index is 12.7. The fourth-order valence-electron chi connectivity index (χ4n) is 3.91. The Hall–Kier alpha value is -2.04. The van der Waals surface area contributed by atoms with Crippen molar-refractivity contribution in [2.75, 3.05) is 6.54 Å². The van der Waals surface area contributed by atoms with Gasteiger partial charge in [0.1, 0.15) is 5.58 Å². The molecule has 1 aromatic heterocycles. The Bertz CT molecular complexity index is 919. The molecule has 3 aromatic rings. The quantitative estimate of drug-likeness (QED) is 0.738.